The Kier molecular flexibility index (Phi) is 8.00. The van der Waals surface area contributed by atoms with E-state index in [9.17, 15) is 9.18 Å². The fraction of sp³-hybridized carbons (Fsp3) is 0.138. The molecule has 0 unspecified atom stereocenters. The van der Waals surface area contributed by atoms with E-state index in [1.807, 2.05) is 36.4 Å². The molecule has 0 saturated heterocycles. The van der Waals surface area contributed by atoms with Gasteiger partial charge in [0.1, 0.15) is 29.5 Å². The number of halogens is 2. The number of anilines is 4. The molecule has 2 amide bonds. The van der Waals surface area contributed by atoms with Gasteiger partial charge < -0.3 is 25.7 Å². The van der Waals surface area contributed by atoms with Gasteiger partial charge in [-0.2, -0.15) is 0 Å². The first-order valence-electron chi connectivity index (χ1n) is 12.4. The highest BCUT2D eigenvalue weighted by atomic mass is 35.5. The fourth-order valence-electron chi connectivity index (χ4n) is 4.00. The molecule has 2 aromatic heterocycles. The number of urea groups is 1. The van der Waals surface area contributed by atoms with E-state index in [1.54, 1.807) is 18.2 Å². The second-order valence-corrected chi connectivity index (χ2v) is 9.22. The highest BCUT2D eigenvalue weighted by molar-refractivity contribution is 6.31. The summed E-state index contributed by atoms with van der Waals surface area (Å²) in [4.78, 5) is 21.3. The molecule has 0 bridgehead atoms. The molecule has 8 nitrogen and oxygen atoms in total. The van der Waals surface area contributed by atoms with Crippen molar-refractivity contribution in [2.24, 2.45) is 0 Å². The molecule has 0 aliphatic rings. The summed E-state index contributed by atoms with van der Waals surface area (Å²) >= 11 is 5.79. The molecule has 0 radical (unpaired) electrons. The summed E-state index contributed by atoms with van der Waals surface area (Å²) in [6.07, 6.45) is 2.56. The number of carbonyl (C=O) groups is 1. The van der Waals surface area contributed by atoms with E-state index in [2.05, 4.69) is 38.2 Å². The van der Waals surface area contributed by atoms with Crippen molar-refractivity contribution in [2.75, 3.05) is 22.5 Å². The van der Waals surface area contributed by atoms with Crippen molar-refractivity contribution in [1.29, 1.82) is 0 Å². The molecule has 5 rings (SSSR count). The summed E-state index contributed by atoms with van der Waals surface area (Å²) < 4.78 is 19.4. The van der Waals surface area contributed by atoms with Crippen molar-refractivity contribution in [1.82, 2.24) is 15.3 Å². The van der Waals surface area contributed by atoms with E-state index < -0.39 is 11.8 Å². The van der Waals surface area contributed by atoms with Gasteiger partial charge in [-0.25, -0.2) is 19.2 Å². The lowest BCUT2D eigenvalue weighted by Gasteiger charge is -2.12. The first kappa shape index (κ1) is 26.1. The Labute approximate surface area is 229 Å². The standard InChI is InChI=1S/C29H26ClFN6O2/c1-2-12-32-16-22-8-11-27(39-22)18-6-10-26-23(13-18)28(34-17-33-26)35-19-4-3-5-20(14-19)36-29(38)37-21-7-9-25(31)24(30)15-21/h3-11,13-15,17,32H,2,12,16H2,1H3,(H,33,34,35)(H2,36,37,38). The molecule has 0 fully saturated rings. The van der Waals surface area contributed by atoms with Crippen LogP contribution in [0.15, 0.2) is 83.5 Å². The first-order valence-corrected chi connectivity index (χ1v) is 12.8. The van der Waals surface area contributed by atoms with Gasteiger partial charge in [0.2, 0.25) is 0 Å². The second kappa shape index (κ2) is 11.9. The number of nitrogens with zero attached hydrogens (tertiary/aromatic N) is 2. The zero-order valence-electron chi connectivity index (χ0n) is 21.1. The van der Waals surface area contributed by atoms with Gasteiger partial charge in [-0.05, 0) is 79.7 Å². The molecule has 0 atom stereocenters. The minimum atomic E-state index is -0.556. The first-order chi connectivity index (χ1) is 19.0. The Morgan fingerprint density at radius 3 is 2.59 bits per heavy atom. The molecule has 39 heavy (non-hydrogen) atoms. The molecule has 0 saturated carbocycles. The van der Waals surface area contributed by atoms with Crippen LogP contribution in [-0.2, 0) is 6.54 Å². The van der Waals surface area contributed by atoms with Crippen LogP contribution in [0.3, 0.4) is 0 Å². The normalized spacial score (nSPS) is 10.9. The molecular weight excluding hydrogens is 519 g/mol. The van der Waals surface area contributed by atoms with E-state index >= 15 is 0 Å². The molecule has 4 N–H and O–H groups in total. The van der Waals surface area contributed by atoms with Crippen LogP contribution in [0.25, 0.3) is 22.2 Å². The van der Waals surface area contributed by atoms with Gasteiger partial charge >= 0.3 is 6.03 Å². The Morgan fingerprint density at radius 1 is 0.949 bits per heavy atom. The van der Waals surface area contributed by atoms with Crippen molar-refractivity contribution in [3.63, 3.8) is 0 Å². The largest absolute Gasteiger partial charge is 0.460 e. The van der Waals surface area contributed by atoms with Crippen LogP contribution in [0.4, 0.5) is 32.1 Å². The molecule has 0 spiro atoms. The number of carbonyl (C=O) groups excluding carboxylic acids is 1. The topological polar surface area (TPSA) is 104 Å². The lowest BCUT2D eigenvalue weighted by atomic mass is 10.1. The maximum Gasteiger partial charge on any atom is 0.323 e. The zero-order chi connectivity index (χ0) is 27.2. The average molecular weight is 545 g/mol. The lowest BCUT2D eigenvalue weighted by Crippen LogP contribution is -2.19. The fourth-order valence-corrected chi connectivity index (χ4v) is 4.19. The van der Waals surface area contributed by atoms with Crippen LogP contribution in [0, 0.1) is 5.82 Å². The maximum atomic E-state index is 13.4. The zero-order valence-corrected chi connectivity index (χ0v) is 21.8. The van der Waals surface area contributed by atoms with Crippen molar-refractivity contribution in [3.05, 3.63) is 95.7 Å². The predicted octanol–water partition coefficient (Wildman–Crippen LogP) is 7.57. The van der Waals surface area contributed by atoms with Gasteiger partial charge in [0.05, 0.1) is 17.1 Å². The number of fused-ring (bicyclic) bond motifs is 1. The van der Waals surface area contributed by atoms with E-state index in [-0.39, 0.29) is 5.02 Å². The summed E-state index contributed by atoms with van der Waals surface area (Å²) in [7, 11) is 0. The average Bonchev–Trinajstić information content (AvgIpc) is 3.40. The summed E-state index contributed by atoms with van der Waals surface area (Å²) in [5.41, 5.74) is 3.32. The van der Waals surface area contributed by atoms with Crippen LogP contribution < -0.4 is 21.3 Å². The van der Waals surface area contributed by atoms with Crippen molar-refractivity contribution >= 4 is 51.4 Å². The third-order valence-electron chi connectivity index (χ3n) is 5.87. The number of nitrogens with one attached hydrogen (secondary N) is 4. The van der Waals surface area contributed by atoms with Crippen molar-refractivity contribution < 1.29 is 13.6 Å². The van der Waals surface area contributed by atoms with Crippen molar-refractivity contribution in [3.8, 4) is 11.3 Å². The number of hydrogen-bond donors (Lipinski definition) is 4. The van der Waals surface area contributed by atoms with E-state index in [0.717, 1.165) is 41.0 Å². The minimum Gasteiger partial charge on any atom is -0.460 e. The molecule has 10 heteroatoms. The molecule has 198 valence electrons. The number of amides is 2. The minimum absolute atomic E-state index is 0.0734. The smallest absolute Gasteiger partial charge is 0.323 e. The van der Waals surface area contributed by atoms with Gasteiger partial charge in [-0.3, -0.25) is 0 Å². The van der Waals surface area contributed by atoms with Crippen LogP contribution in [0.5, 0.6) is 0 Å². The number of rotatable bonds is 9. The van der Waals surface area contributed by atoms with E-state index in [1.165, 1.54) is 24.5 Å². The molecule has 3 aromatic carbocycles. The molecule has 0 aliphatic heterocycles. The van der Waals surface area contributed by atoms with Crippen LogP contribution in [0.1, 0.15) is 19.1 Å². The molecule has 5 aromatic rings. The van der Waals surface area contributed by atoms with Gasteiger partial charge in [-0.15, -0.1) is 0 Å². The summed E-state index contributed by atoms with van der Waals surface area (Å²) in [6.45, 7) is 3.74. The number of benzene rings is 3. The lowest BCUT2D eigenvalue weighted by molar-refractivity contribution is 0.262. The van der Waals surface area contributed by atoms with Crippen LogP contribution in [0.2, 0.25) is 5.02 Å². The predicted molar refractivity (Wildman–Crippen MR) is 153 cm³/mol. The third-order valence-corrected chi connectivity index (χ3v) is 6.16. The van der Waals surface area contributed by atoms with E-state index in [0.29, 0.717) is 29.4 Å². The number of aromatic nitrogens is 2. The van der Waals surface area contributed by atoms with Crippen LogP contribution in [-0.4, -0.2) is 22.5 Å². The highest BCUT2D eigenvalue weighted by Crippen LogP contribution is 2.30. The number of hydrogen-bond acceptors (Lipinski definition) is 6. The summed E-state index contributed by atoms with van der Waals surface area (Å²) in [5, 5.41) is 12.8. The Morgan fingerprint density at radius 2 is 1.77 bits per heavy atom. The molecular formula is C29H26ClFN6O2. The molecule has 2 heterocycles. The summed E-state index contributed by atoms with van der Waals surface area (Å²) in [5.74, 6) is 1.69. The van der Waals surface area contributed by atoms with E-state index in [4.69, 9.17) is 16.0 Å². The second-order valence-electron chi connectivity index (χ2n) is 8.81. The quantitative estimate of drug-likeness (QED) is 0.143. The SMILES string of the molecule is CCCNCc1ccc(-c2ccc3ncnc(Nc4cccc(NC(=O)Nc5ccc(F)c(Cl)c5)c4)c3c2)o1. The highest BCUT2D eigenvalue weighted by Gasteiger charge is 2.11. The number of furan rings is 1. The Bertz CT molecular complexity index is 1620. The summed E-state index contributed by atoms with van der Waals surface area (Å²) in [6, 6.07) is 20.5. The van der Waals surface area contributed by atoms with Crippen molar-refractivity contribution in [2.45, 2.75) is 19.9 Å². The van der Waals surface area contributed by atoms with Gasteiger partial charge in [0, 0.05) is 28.0 Å². The van der Waals surface area contributed by atoms with Crippen LogP contribution >= 0.6 is 11.6 Å². The van der Waals surface area contributed by atoms with Gasteiger partial charge in [-0.1, -0.05) is 24.6 Å². The maximum absolute atomic E-state index is 13.4. The Hall–Kier alpha value is -4.47. The van der Waals surface area contributed by atoms with Gasteiger partial charge in [0.15, 0.2) is 0 Å². The molecule has 0 aliphatic carbocycles. The van der Waals surface area contributed by atoms with Gasteiger partial charge in [0.25, 0.3) is 0 Å². The monoisotopic (exact) mass is 544 g/mol. The Balaban J connectivity index is 1.32. The third kappa shape index (κ3) is 6.51.